The maximum absolute atomic E-state index is 11.8. The van der Waals surface area contributed by atoms with Gasteiger partial charge in [0.1, 0.15) is 5.92 Å². The molecule has 0 aliphatic carbocycles. The number of carbonyl (C=O) groups excluding carboxylic acids is 1. The molecule has 3 heteroatoms. The van der Waals surface area contributed by atoms with Crippen LogP contribution in [0.5, 0.6) is 0 Å². The maximum Gasteiger partial charge on any atom is 0.243 e. The van der Waals surface area contributed by atoms with Crippen LogP contribution in [0.3, 0.4) is 0 Å². The highest BCUT2D eigenvalue weighted by Gasteiger charge is 2.18. The Labute approximate surface area is 96.3 Å². The molecule has 1 aromatic rings. The lowest BCUT2D eigenvalue weighted by Gasteiger charge is -2.19. The molecule has 0 aliphatic rings. The van der Waals surface area contributed by atoms with Crippen LogP contribution < -0.4 is 4.90 Å². The number of nitriles is 1. The Morgan fingerprint density at radius 3 is 2.25 bits per heavy atom. The number of benzene rings is 1. The van der Waals surface area contributed by atoms with Gasteiger partial charge in [0.2, 0.25) is 5.91 Å². The summed E-state index contributed by atoms with van der Waals surface area (Å²) >= 11 is 0. The van der Waals surface area contributed by atoms with Crippen molar-refractivity contribution in [1.82, 2.24) is 0 Å². The molecule has 0 heterocycles. The van der Waals surface area contributed by atoms with E-state index in [1.54, 1.807) is 14.0 Å². The Bertz CT molecular complexity index is 425. The van der Waals surface area contributed by atoms with Crippen LogP contribution in [0.2, 0.25) is 0 Å². The molecule has 0 saturated heterocycles. The highest BCUT2D eigenvalue weighted by molar-refractivity contribution is 5.95. The second-order valence-electron chi connectivity index (χ2n) is 4.09. The molecular weight excluding hydrogens is 200 g/mol. The first-order chi connectivity index (χ1) is 7.45. The number of carbonyl (C=O) groups is 1. The van der Waals surface area contributed by atoms with Crippen molar-refractivity contribution in [3.63, 3.8) is 0 Å². The molecule has 3 nitrogen and oxygen atoms in total. The van der Waals surface area contributed by atoms with Gasteiger partial charge in [-0.25, -0.2) is 0 Å². The van der Waals surface area contributed by atoms with Gasteiger partial charge in [0.05, 0.1) is 6.07 Å². The maximum atomic E-state index is 11.8. The van der Waals surface area contributed by atoms with Crippen LogP contribution in [0.15, 0.2) is 18.2 Å². The van der Waals surface area contributed by atoms with Crippen LogP contribution in [0, 0.1) is 31.1 Å². The fraction of sp³-hybridized carbons (Fsp3) is 0.385. The molecule has 0 saturated carbocycles. The smallest absolute Gasteiger partial charge is 0.243 e. The van der Waals surface area contributed by atoms with E-state index in [2.05, 4.69) is 6.07 Å². The number of hydrogen-bond acceptors (Lipinski definition) is 2. The molecule has 0 aliphatic heterocycles. The van der Waals surface area contributed by atoms with E-state index in [1.807, 2.05) is 32.0 Å². The van der Waals surface area contributed by atoms with Crippen LogP contribution >= 0.6 is 0 Å². The number of rotatable bonds is 2. The first-order valence-corrected chi connectivity index (χ1v) is 5.21. The van der Waals surface area contributed by atoms with Crippen molar-refractivity contribution >= 4 is 11.6 Å². The van der Waals surface area contributed by atoms with Gasteiger partial charge in [-0.05, 0) is 44.0 Å². The Balaban J connectivity index is 3.01. The second-order valence-corrected chi connectivity index (χ2v) is 4.09. The lowest BCUT2D eigenvalue weighted by atomic mass is 10.1. The van der Waals surface area contributed by atoms with Gasteiger partial charge in [-0.15, -0.1) is 0 Å². The first kappa shape index (κ1) is 12.3. The third-order valence-corrected chi connectivity index (χ3v) is 2.49. The van der Waals surface area contributed by atoms with Crippen molar-refractivity contribution in [3.05, 3.63) is 29.3 Å². The van der Waals surface area contributed by atoms with Crippen molar-refractivity contribution in [2.24, 2.45) is 5.92 Å². The highest BCUT2D eigenvalue weighted by atomic mass is 16.2. The molecule has 0 bridgehead atoms. The topological polar surface area (TPSA) is 44.1 Å². The van der Waals surface area contributed by atoms with Gasteiger partial charge < -0.3 is 4.90 Å². The molecule has 1 aromatic carbocycles. The molecule has 0 aromatic heterocycles. The zero-order valence-corrected chi connectivity index (χ0v) is 10.1. The standard InChI is InChI=1S/C13H16N2O/c1-9-5-10(2)7-12(6-9)15(4)13(16)11(3)8-14/h5-7,11H,1-4H3. The van der Waals surface area contributed by atoms with Gasteiger partial charge in [0.25, 0.3) is 0 Å². The van der Waals surface area contributed by atoms with Gasteiger partial charge >= 0.3 is 0 Å². The summed E-state index contributed by atoms with van der Waals surface area (Å²) in [6, 6.07) is 7.88. The minimum absolute atomic E-state index is 0.174. The van der Waals surface area contributed by atoms with E-state index in [1.165, 1.54) is 4.90 Å². The fourth-order valence-electron chi connectivity index (χ4n) is 1.62. The Morgan fingerprint density at radius 2 is 1.81 bits per heavy atom. The normalized spacial score (nSPS) is 11.7. The number of amides is 1. The minimum Gasteiger partial charge on any atom is -0.314 e. The molecular formula is C13H16N2O. The minimum atomic E-state index is -0.606. The van der Waals surface area contributed by atoms with Crippen LogP contribution in [0.25, 0.3) is 0 Å². The average Bonchev–Trinajstić information content (AvgIpc) is 2.24. The fourth-order valence-corrected chi connectivity index (χ4v) is 1.62. The molecule has 0 N–H and O–H groups in total. The summed E-state index contributed by atoms with van der Waals surface area (Å²) in [5, 5.41) is 8.71. The SMILES string of the molecule is Cc1cc(C)cc(N(C)C(=O)C(C)C#N)c1. The van der Waals surface area contributed by atoms with Gasteiger partial charge in [-0.2, -0.15) is 5.26 Å². The molecule has 1 atom stereocenters. The predicted octanol–water partition coefficient (Wildman–Crippen LogP) is 2.43. The van der Waals surface area contributed by atoms with Crippen molar-refractivity contribution in [1.29, 1.82) is 5.26 Å². The van der Waals surface area contributed by atoms with Crippen LogP contribution in [-0.4, -0.2) is 13.0 Å². The quantitative estimate of drug-likeness (QED) is 0.762. The zero-order chi connectivity index (χ0) is 12.3. The summed E-state index contributed by atoms with van der Waals surface area (Å²) in [4.78, 5) is 13.3. The van der Waals surface area contributed by atoms with Crippen LogP contribution in [0.1, 0.15) is 18.1 Å². The van der Waals surface area contributed by atoms with E-state index in [9.17, 15) is 4.79 Å². The van der Waals surface area contributed by atoms with Gasteiger partial charge in [0.15, 0.2) is 0 Å². The lowest BCUT2D eigenvalue weighted by Crippen LogP contribution is -2.30. The van der Waals surface area contributed by atoms with Gasteiger partial charge in [0, 0.05) is 12.7 Å². The molecule has 84 valence electrons. The monoisotopic (exact) mass is 216 g/mol. The van der Waals surface area contributed by atoms with E-state index < -0.39 is 5.92 Å². The predicted molar refractivity (Wildman–Crippen MR) is 64.1 cm³/mol. The Hall–Kier alpha value is -1.82. The van der Waals surface area contributed by atoms with Crippen molar-refractivity contribution < 1.29 is 4.79 Å². The molecule has 1 amide bonds. The summed E-state index contributed by atoms with van der Waals surface area (Å²) in [6.45, 7) is 5.59. The zero-order valence-electron chi connectivity index (χ0n) is 10.1. The Kier molecular flexibility index (Phi) is 3.68. The number of anilines is 1. The van der Waals surface area contributed by atoms with E-state index >= 15 is 0 Å². The number of nitrogens with zero attached hydrogens (tertiary/aromatic N) is 2. The molecule has 1 rings (SSSR count). The molecule has 0 radical (unpaired) electrons. The third kappa shape index (κ3) is 2.60. The summed E-state index contributed by atoms with van der Waals surface area (Å²) in [7, 11) is 1.70. The largest absolute Gasteiger partial charge is 0.314 e. The van der Waals surface area contributed by atoms with Gasteiger partial charge in [-0.3, -0.25) is 4.79 Å². The van der Waals surface area contributed by atoms with Crippen molar-refractivity contribution in [2.75, 3.05) is 11.9 Å². The summed E-state index contributed by atoms with van der Waals surface area (Å²) in [5.74, 6) is -0.779. The van der Waals surface area contributed by atoms with E-state index in [0.29, 0.717) is 0 Å². The van der Waals surface area contributed by atoms with Crippen molar-refractivity contribution in [3.8, 4) is 6.07 Å². The second kappa shape index (κ2) is 4.80. The average molecular weight is 216 g/mol. The molecule has 16 heavy (non-hydrogen) atoms. The van der Waals surface area contributed by atoms with Crippen LogP contribution in [-0.2, 0) is 4.79 Å². The molecule has 0 spiro atoms. The van der Waals surface area contributed by atoms with Crippen LogP contribution in [0.4, 0.5) is 5.69 Å². The lowest BCUT2D eigenvalue weighted by molar-refractivity contribution is -0.120. The van der Waals surface area contributed by atoms with Crippen molar-refractivity contribution in [2.45, 2.75) is 20.8 Å². The van der Waals surface area contributed by atoms with Gasteiger partial charge in [-0.1, -0.05) is 6.07 Å². The summed E-state index contributed by atoms with van der Waals surface area (Å²) in [5.41, 5.74) is 3.06. The Morgan fingerprint density at radius 1 is 1.31 bits per heavy atom. The first-order valence-electron chi connectivity index (χ1n) is 5.21. The highest BCUT2D eigenvalue weighted by Crippen LogP contribution is 2.19. The summed E-state index contributed by atoms with van der Waals surface area (Å²) in [6.07, 6.45) is 0. The van der Waals surface area contributed by atoms with E-state index in [0.717, 1.165) is 16.8 Å². The third-order valence-electron chi connectivity index (χ3n) is 2.49. The number of aryl methyl sites for hydroxylation is 2. The van der Waals surface area contributed by atoms with E-state index in [-0.39, 0.29) is 5.91 Å². The number of hydrogen-bond donors (Lipinski definition) is 0. The summed E-state index contributed by atoms with van der Waals surface area (Å²) < 4.78 is 0. The van der Waals surface area contributed by atoms with E-state index in [4.69, 9.17) is 5.26 Å². The molecule has 0 fully saturated rings. The molecule has 1 unspecified atom stereocenters.